The molecule has 0 fully saturated rings. The molecule has 0 unspecified atom stereocenters. The average Bonchev–Trinajstić information content (AvgIpc) is 2.90. The number of hydrogen-bond donors (Lipinski definition) is 2. The van der Waals surface area contributed by atoms with Crippen molar-refractivity contribution in [3.63, 3.8) is 0 Å². The molecule has 2 heterocycles. The van der Waals surface area contributed by atoms with Crippen LogP contribution in [0.4, 0.5) is 0 Å². The highest BCUT2D eigenvalue weighted by Crippen LogP contribution is 2.27. The molecule has 6 heteroatoms. The molecule has 0 spiro atoms. The molecule has 3 aromatic rings. The molecule has 94 valence electrons. The second-order valence-electron chi connectivity index (χ2n) is 3.83. The molecule has 0 aliphatic carbocycles. The van der Waals surface area contributed by atoms with E-state index < -0.39 is 5.97 Å². The van der Waals surface area contributed by atoms with Gasteiger partial charge in [0.1, 0.15) is 5.03 Å². The number of aromatic amines is 1. The molecule has 3 rings (SSSR count). The zero-order valence-electron chi connectivity index (χ0n) is 9.70. The second-order valence-corrected chi connectivity index (χ2v) is 4.84. The van der Waals surface area contributed by atoms with E-state index in [1.54, 1.807) is 36.7 Å². The van der Waals surface area contributed by atoms with Crippen LogP contribution in [0.15, 0.2) is 52.9 Å². The zero-order valence-corrected chi connectivity index (χ0v) is 10.5. The molecule has 5 nitrogen and oxygen atoms in total. The summed E-state index contributed by atoms with van der Waals surface area (Å²) in [6.45, 7) is 0. The Kier molecular flexibility index (Phi) is 2.92. The lowest BCUT2D eigenvalue weighted by molar-refractivity contribution is 0.0698. The van der Waals surface area contributed by atoms with Gasteiger partial charge in [-0.05, 0) is 23.9 Å². The maximum Gasteiger partial charge on any atom is 0.336 e. The summed E-state index contributed by atoms with van der Waals surface area (Å²) in [6, 6.07) is 8.76. The van der Waals surface area contributed by atoms with Crippen LogP contribution in [0.3, 0.4) is 0 Å². The first-order valence-electron chi connectivity index (χ1n) is 5.54. The molecule has 2 aromatic heterocycles. The van der Waals surface area contributed by atoms with Crippen molar-refractivity contribution in [3.8, 4) is 0 Å². The van der Waals surface area contributed by atoms with Crippen LogP contribution < -0.4 is 0 Å². The van der Waals surface area contributed by atoms with Crippen LogP contribution in [-0.2, 0) is 0 Å². The fourth-order valence-corrected chi connectivity index (χ4v) is 2.55. The van der Waals surface area contributed by atoms with E-state index in [2.05, 4.69) is 15.0 Å². The normalized spacial score (nSPS) is 10.7. The number of carboxylic acids is 1. The van der Waals surface area contributed by atoms with E-state index in [1.165, 1.54) is 11.8 Å². The summed E-state index contributed by atoms with van der Waals surface area (Å²) >= 11 is 1.30. The number of fused-ring (bicyclic) bond motifs is 1. The number of rotatable bonds is 3. The van der Waals surface area contributed by atoms with Crippen LogP contribution in [0.25, 0.3) is 10.9 Å². The van der Waals surface area contributed by atoms with Crippen LogP contribution in [0.5, 0.6) is 0 Å². The SMILES string of the molecule is O=C(O)c1cc(Sc2ncc[nH]2)nc2ccccc12. The molecule has 1 aromatic carbocycles. The number of carboxylic acid groups (broad SMARTS) is 1. The number of hydrogen-bond acceptors (Lipinski definition) is 4. The number of aromatic carboxylic acids is 1. The van der Waals surface area contributed by atoms with Gasteiger partial charge in [0.05, 0.1) is 11.1 Å². The number of nitrogens with zero attached hydrogens (tertiary/aromatic N) is 2. The molecule has 0 bridgehead atoms. The predicted molar refractivity (Wildman–Crippen MR) is 71.4 cm³/mol. The van der Waals surface area contributed by atoms with Gasteiger partial charge in [0.2, 0.25) is 0 Å². The summed E-state index contributed by atoms with van der Waals surface area (Å²) < 4.78 is 0. The van der Waals surface area contributed by atoms with Crippen molar-refractivity contribution in [2.24, 2.45) is 0 Å². The van der Waals surface area contributed by atoms with Crippen LogP contribution in [0.2, 0.25) is 0 Å². The highest BCUT2D eigenvalue weighted by Gasteiger charge is 2.12. The number of H-pyrrole nitrogens is 1. The van der Waals surface area contributed by atoms with Gasteiger partial charge in [0, 0.05) is 17.8 Å². The van der Waals surface area contributed by atoms with E-state index in [1.807, 2.05) is 6.07 Å². The Balaban J connectivity index is 2.13. The lowest BCUT2D eigenvalue weighted by Gasteiger charge is -2.05. The number of benzene rings is 1. The molecule has 0 atom stereocenters. The molecule has 0 aliphatic heterocycles. The quantitative estimate of drug-likeness (QED) is 0.765. The fraction of sp³-hybridized carbons (Fsp3) is 0. The van der Waals surface area contributed by atoms with E-state index in [4.69, 9.17) is 0 Å². The Hall–Kier alpha value is -2.34. The smallest absolute Gasteiger partial charge is 0.336 e. The summed E-state index contributed by atoms with van der Waals surface area (Å²) in [7, 11) is 0. The standard InChI is InChI=1S/C13H9N3O2S/c17-12(18)9-7-11(19-13-14-5-6-15-13)16-10-4-2-1-3-8(9)10/h1-7H,(H,14,15)(H,17,18). The van der Waals surface area contributed by atoms with Crippen molar-refractivity contribution in [1.29, 1.82) is 0 Å². The van der Waals surface area contributed by atoms with Crippen LogP contribution in [0, 0.1) is 0 Å². The van der Waals surface area contributed by atoms with Gasteiger partial charge in [-0.3, -0.25) is 0 Å². The second kappa shape index (κ2) is 4.74. The van der Waals surface area contributed by atoms with Crippen molar-refractivity contribution in [3.05, 3.63) is 48.3 Å². The first-order chi connectivity index (χ1) is 9.24. The van der Waals surface area contributed by atoms with Gasteiger partial charge in [-0.25, -0.2) is 14.8 Å². The number of para-hydroxylation sites is 1. The number of carbonyl (C=O) groups is 1. The van der Waals surface area contributed by atoms with Crippen LogP contribution >= 0.6 is 11.8 Å². The Morgan fingerprint density at radius 3 is 2.89 bits per heavy atom. The average molecular weight is 271 g/mol. The number of nitrogens with one attached hydrogen (secondary N) is 1. The molecular formula is C13H9N3O2S. The number of aromatic nitrogens is 3. The van der Waals surface area contributed by atoms with Crippen molar-refractivity contribution in [2.45, 2.75) is 10.2 Å². The molecule has 0 saturated heterocycles. The van der Waals surface area contributed by atoms with Gasteiger partial charge in [-0.15, -0.1) is 0 Å². The molecular weight excluding hydrogens is 262 g/mol. The molecule has 0 saturated carbocycles. The van der Waals surface area contributed by atoms with Crippen molar-refractivity contribution in [2.75, 3.05) is 0 Å². The lowest BCUT2D eigenvalue weighted by atomic mass is 10.1. The predicted octanol–water partition coefficient (Wildman–Crippen LogP) is 2.81. The maximum absolute atomic E-state index is 11.3. The van der Waals surface area contributed by atoms with Crippen molar-refractivity contribution in [1.82, 2.24) is 15.0 Å². The third-order valence-electron chi connectivity index (χ3n) is 2.60. The third kappa shape index (κ3) is 2.30. The minimum atomic E-state index is -0.958. The van der Waals surface area contributed by atoms with E-state index in [0.717, 1.165) is 0 Å². The number of imidazole rings is 1. The Morgan fingerprint density at radius 1 is 1.32 bits per heavy atom. The first-order valence-corrected chi connectivity index (χ1v) is 6.36. The molecule has 2 N–H and O–H groups in total. The minimum Gasteiger partial charge on any atom is -0.478 e. The zero-order chi connectivity index (χ0) is 13.2. The fourth-order valence-electron chi connectivity index (χ4n) is 1.79. The Bertz CT molecular complexity index is 741. The van der Waals surface area contributed by atoms with Gasteiger partial charge < -0.3 is 10.1 Å². The molecule has 0 aliphatic rings. The Labute approximate surface area is 112 Å². The summed E-state index contributed by atoms with van der Waals surface area (Å²) in [6.07, 6.45) is 3.35. The highest BCUT2D eigenvalue weighted by atomic mass is 32.2. The van der Waals surface area contributed by atoms with Gasteiger partial charge >= 0.3 is 5.97 Å². The number of pyridine rings is 1. The molecule has 0 amide bonds. The van der Waals surface area contributed by atoms with Gasteiger partial charge in [0.15, 0.2) is 5.16 Å². The monoisotopic (exact) mass is 271 g/mol. The summed E-state index contributed by atoms with van der Waals surface area (Å²) in [5.74, 6) is -0.958. The van der Waals surface area contributed by atoms with Crippen LogP contribution in [0.1, 0.15) is 10.4 Å². The van der Waals surface area contributed by atoms with Gasteiger partial charge in [-0.2, -0.15) is 0 Å². The summed E-state index contributed by atoms with van der Waals surface area (Å²) in [5.41, 5.74) is 0.913. The van der Waals surface area contributed by atoms with E-state index >= 15 is 0 Å². The van der Waals surface area contributed by atoms with E-state index in [0.29, 0.717) is 21.1 Å². The Morgan fingerprint density at radius 2 is 2.16 bits per heavy atom. The third-order valence-corrected chi connectivity index (χ3v) is 3.43. The van der Waals surface area contributed by atoms with E-state index in [-0.39, 0.29) is 5.56 Å². The van der Waals surface area contributed by atoms with Gasteiger partial charge in [0.25, 0.3) is 0 Å². The van der Waals surface area contributed by atoms with Crippen LogP contribution in [-0.4, -0.2) is 26.0 Å². The van der Waals surface area contributed by atoms with E-state index in [9.17, 15) is 9.90 Å². The van der Waals surface area contributed by atoms with Gasteiger partial charge in [-0.1, -0.05) is 18.2 Å². The van der Waals surface area contributed by atoms with Crippen molar-refractivity contribution < 1.29 is 9.90 Å². The summed E-state index contributed by atoms with van der Waals surface area (Å²) in [5, 5.41) is 11.2. The first kappa shape index (κ1) is 11.7. The molecule has 19 heavy (non-hydrogen) atoms. The van der Waals surface area contributed by atoms with Crippen molar-refractivity contribution >= 4 is 28.6 Å². The highest BCUT2D eigenvalue weighted by molar-refractivity contribution is 7.99. The lowest BCUT2D eigenvalue weighted by Crippen LogP contribution is -1.99. The largest absolute Gasteiger partial charge is 0.478 e. The summed E-state index contributed by atoms with van der Waals surface area (Å²) in [4.78, 5) is 22.8. The maximum atomic E-state index is 11.3. The topological polar surface area (TPSA) is 78.9 Å². The molecule has 0 radical (unpaired) electrons. The minimum absolute atomic E-state index is 0.250.